The Kier molecular flexibility index (Phi) is 6.53. The van der Waals surface area contributed by atoms with Crippen LogP contribution in [0.2, 0.25) is 5.02 Å². The van der Waals surface area contributed by atoms with Crippen LogP contribution in [-0.4, -0.2) is 25.9 Å². The second kappa shape index (κ2) is 9.06. The van der Waals surface area contributed by atoms with Crippen molar-refractivity contribution in [2.45, 2.75) is 30.3 Å². The summed E-state index contributed by atoms with van der Waals surface area (Å²) in [6.45, 7) is 2.26. The summed E-state index contributed by atoms with van der Waals surface area (Å²) < 4.78 is 1.94. The molecule has 0 spiro atoms. The Balaban J connectivity index is 1.58. The zero-order valence-corrected chi connectivity index (χ0v) is 16.8. The van der Waals surface area contributed by atoms with Crippen molar-refractivity contribution in [2.75, 3.05) is 0 Å². The highest BCUT2D eigenvalue weighted by atomic mass is 35.5. The molecule has 1 aromatic heterocycles. The van der Waals surface area contributed by atoms with Gasteiger partial charge in [-0.15, -0.1) is 10.2 Å². The lowest BCUT2D eigenvalue weighted by atomic mass is 10.1. The van der Waals surface area contributed by atoms with Crippen molar-refractivity contribution in [1.29, 1.82) is 0 Å². The van der Waals surface area contributed by atoms with Crippen LogP contribution in [-0.2, 0) is 24.8 Å². The van der Waals surface area contributed by atoms with E-state index in [1.165, 1.54) is 17.3 Å². The number of amides is 1. The van der Waals surface area contributed by atoms with E-state index >= 15 is 0 Å². The molecule has 1 atom stereocenters. The van der Waals surface area contributed by atoms with E-state index in [1.807, 2.05) is 61.0 Å². The summed E-state index contributed by atoms with van der Waals surface area (Å²) in [6, 6.07) is 17.6. The average Bonchev–Trinajstić information content (AvgIpc) is 3.01. The molecule has 7 heteroatoms. The highest BCUT2D eigenvalue weighted by Gasteiger charge is 2.19. The molecule has 0 saturated heterocycles. The average molecular weight is 401 g/mol. The van der Waals surface area contributed by atoms with Gasteiger partial charge in [0, 0.05) is 25.0 Å². The van der Waals surface area contributed by atoms with Gasteiger partial charge in [0.15, 0.2) is 5.16 Å². The van der Waals surface area contributed by atoms with E-state index in [0.717, 1.165) is 16.5 Å². The summed E-state index contributed by atoms with van der Waals surface area (Å²) in [6.07, 6.45) is 0.706. The van der Waals surface area contributed by atoms with E-state index in [0.29, 0.717) is 18.0 Å². The third-order valence-corrected chi connectivity index (χ3v) is 5.70. The predicted molar refractivity (Wildman–Crippen MR) is 109 cm³/mol. The Hall–Kier alpha value is -2.31. The van der Waals surface area contributed by atoms with E-state index in [-0.39, 0.29) is 11.2 Å². The van der Waals surface area contributed by atoms with Crippen LogP contribution in [0.25, 0.3) is 0 Å². The molecular weight excluding hydrogens is 380 g/mol. The lowest BCUT2D eigenvalue weighted by Gasteiger charge is -2.12. The molecule has 0 unspecified atom stereocenters. The van der Waals surface area contributed by atoms with Gasteiger partial charge in [-0.05, 0) is 24.1 Å². The van der Waals surface area contributed by atoms with Crippen molar-refractivity contribution < 1.29 is 4.79 Å². The molecule has 0 radical (unpaired) electrons. The second-order valence-corrected chi connectivity index (χ2v) is 7.90. The number of halogens is 1. The van der Waals surface area contributed by atoms with Crippen LogP contribution in [0.4, 0.5) is 0 Å². The Morgan fingerprint density at radius 1 is 1.15 bits per heavy atom. The third-order valence-electron chi connectivity index (χ3n) is 4.19. The van der Waals surface area contributed by atoms with Gasteiger partial charge in [-0.25, -0.2) is 0 Å². The Bertz CT molecular complexity index is 913. The van der Waals surface area contributed by atoms with Crippen LogP contribution < -0.4 is 5.32 Å². The summed E-state index contributed by atoms with van der Waals surface area (Å²) in [7, 11) is 1.93. The normalized spacial score (nSPS) is 12.0. The molecule has 0 bridgehead atoms. The van der Waals surface area contributed by atoms with E-state index in [4.69, 9.17) is 11.6 Å². The molecule has 3 rings (SSSR count). The van der Waals surface area contributed by atoms with Gasteiger partial charge >= 0.3 is 0 Å². The van der Waals surface area contributed by atoms with Crippen LogP contribution in [0.5, 0.6) is 0 Å². The zero-order valence-electron chi connectivity index (χ0n) is 15.2. The molecule has 2 aromatic carbocycles. The molecule has 1 N–H and O–H groups in total. The van der Waals surface area contributed by atoms with Crippen molar-refractivity contribution in [3.63, 3.8) is 0 Å². The summed E-state index contributed by atoms with van der Waals surface area (Å²) in [5.41, 5.74) is 2.07. The van der Waals surface area contributed by atoms with Crippen LogP contribution in [0.15, 0.2) is 59.8 Å². The van der Waals surface area contributed by atoms with Crippen molar-refractivity contribution in [1.82, 2.24) is 20.1 Å². The maximum absolute atomic E-state index is 12.4. The molecule has 140 valence electrons. The number of nitrogens with zero attached hydrogens (tertiary/aromatic N) is 3. The van der Waals surface area contributed by atoms with E-state index < -0.39 is 0 Å². The quantitative estimate of drug-likeness (QED) is 0.612. The molecule has 0 aliphatic carbocycles. The van der Waals surface area contributed by atoms with E-state index in [2.05, 4.69) is 27.6 Å². The lowest BCUT2D eigenvalue weighted by molar-refractivity contribution is -0.120. The molecular formula is C20H21ClN4OS. The Morgan fingerprint density at radius 2 is 1.85 bits per heavy atom. The highest BCUT2D eigenvalue weighted by molar-refractivity contribution is 8.00. The number of hydrogen-bond acceptors (Lipinski definition) is 4. The first-order valence-electron chi connectivity index (χ1n) is 8.64. The Labute approximate surface area is 168 Å². The smallest absolute Gasteiger partial charge is 0.233 e. The number of rotatable bonds is 7. The molecule has 1 amide bonds. The zero-order chi connectivity index (χ0) is 19.2. The van der Waals surface area contributed by atoms with Crippen LogP contribution in [0.1, 0.15) is 23.9 Å². The van der Waals surface area contributed by atoms with Gasteiger partial charge in [0.25, 0.3) is 0 Å². The van der Waals surface area contributed by atoms with Crippen molar-refractivity contribution in [3.8, 4) is 0 Å². The molecule has 5 nitrogen and oxygen atoms in total. The second-order valence-electron chi connectivity index (χ2n) is 6.19. The molecule has 3 aromatic rings. The van der Waals surface area contributed by atoms with Gasteiger partial charge in [-0.1, -0.05) is 71.9 Å². The van der Waals surface area contributed by atoms with Crippen molar-refractivity contribution in [2.24, 2.45) is 7.05 Å². The number of benzene rings is 2. The van der Waals surface area contributed by atoms with Gasteiger partial charge < -0.3 is 9.88 Å². The van der Waals surface area contributed by atoms with E-state index in [9.17, 15) is 4.79 Å². The molecule has 27 heavy (non-hydrogen) atoms. The Morgan fingerprint density at radius 3 is 2.59 bits per heavy atom. The predicted octanol–water partition coefficient (Wildman–Crippen LogP) is 3.86. The molecule has 0 aliphatic rings. The van der Waals surface area contributed by atoms with Crippen LogP contribution in [0, 0.1) is 0 Å². The minimum absolute atomic E-state index is 0.0625. The topological polar surface area (TPSA) is 59.8 Å². The fourth-order valence-electron chi connectivity index (χ4n) is 2.56. The van der Waals surface area contributed by atoms with Gasteiger partial charge in [-0.3, -0.25) is 4.79 Å². The fraction of sp³-hybridized carbons (Fsp3) is 0.250. The molecule has 0 saturated carbocycles. The van der Waals surface area contributed by atoms with E-state index in [1.54, 1.807) is 0 Å². The van der Waals surface area contributed by atoms with Crippen LogP contribution in [0.3, 0.4) is 0 Å². The number of hydrogen-bond donors (Lipinski definition) is 1. The number of nitrogens with one attached hydrogen (secondary N) is 1. The largest absolute Gasteiger partial charge is 0.351 e. The van der Waals surface area contributed by atoms with Gasteiger partial charge in [-0.2, -0.15) is 0 Å². The van der Waals surface area contributed by atoms with Crippen molar-refractivity contribution in [3.05, 3.63) is 76.6 Å². The van der Waals surface area contributed by atoms with Crippen LogP contribution >= 0.6 is 23.4 Å². The number of carbonyl (C=O) groups excluding carboxylic acids is 1. The SMILES string of the molecule is C[C@H](Sc1nnc(Cc2ccccc2)n1C)C(=O)NCc1ccccc1Cl. The first-order chi connectivity index (χ1) is 13.0. The van der Waals surface area contributed by atoms with Gasteiger partial charge in [0.1, 0.15) is 5.82 Å². The molecule has 1 heterocycles. The summed E-state index contributed by atoms with van der Waals surface area (Å²) in [4.78, 5) is 12.4. The number of thioether (sulfide) groups is 1. The third kappa shape index (κ3) is 5.11. The molecule has 0 aliphatic heterocycles. The number of aromatic nitrogens is 3. The standard InChI is InChI=1S/C20H21ClN4OS/c1-14(19(26)22-13-16-10-6-7-11-17(16)21)27-20-24-23-18(25(20)2)12-15-8-4-3-5-9-15/h3-11,14H,12-13H2,1-2H3,(H,22,26)/t14-/m0/s1. The maximum atomic E-state index is 12.4. The van der Waals surface area contributed by atoms with Gasteiger partial charge in [0.2, 0.25) is 5.91 Å². The van der Waals surface area contributed by atoms with Gasteiger partial charge in [0.05, 0.1) is 5.25 Å². The minimum atomic E-state index is -0.292. The molecule has 0 fully saturated rings. The monoisotopic (exact) mass is 400 g/mol. The fourth-order valence-corrected chi connectivity index (χ4v) is 3.62. The summed E-state index contributed by atoms with van der Waals surface area (Å²) >= 11 is 7.52. The minimum Gasteiger partial charge on any atom is -0.351 e. The first-order valence-corrected chi connectivity index (χ1v) is 9.90. The number of carbonyl (C=O) groups is 1. The first kappa shape index (κ1) is 19.5. The summed E-state index contributed by atoms with van der Waals surface area (Å²) in [5.74, 6) is 0.805. The maximum Gasteiger partial charge on any atom is 0.233 e. The lowest BCUT2D eigenvalue weighted by Crippen LogP contribution is -2.30. The summed E-state index contributed by atoms with van der Waals surface area (Å²) in [5, 5.41) is 12.5. The van der Waals surface area contributed by atoms with Crippen molar-refractivity contribution >= 4 is 29.3 Å². The highest BCUT2D eigenvalue weighted by Crippen LogP contribution is 2.23.